The fraction of sp³-hybridized carbons (Fsp3) is 0.739. The molecule has 8 amide bonds. The van der Waals surface area contributed by atoms with Crippen molar-refractivity contribution < 1.29 is 53.4 Å². The van der Waals surface area contributed by atoms with Gasteiger partial charge in [0.05, 0.1) is 12.6 Å². The van der Waals surface area contributed by atoms with Crippen molar-refractivity contribution >= 4 is 82.9 Å². The number of aliphatic hydroxyl groups excluding tert-OH is 1. The Morgan fingerprint density at radius 2 is 0.908 bits per heavy atom. The molecule has 0 aromatic rings. The lowest BCUT2D eigenvalue weighted by Crippen LogP contribution is -2.60. The van der Waals surface area contributed by atoms with Crippen molar-refractivity contribution in [2.24, 2.45) is 55.1 Å². The second-order valence-electron chi connectivity index (χ2n) is 19.3. The van der Waals surface area contributed by atoms with Crippen LogP contribution < -0.4 is 61.4 Å². The van der Waals surface area contributed by atoms with Crippen molar-refractivity contribution in [2.75, 3.05) is 64.4 Å². The average Bonchev–Trinajstić information content (AvgIpc) is 4.24. The summed E-state index contributed by atoms with van der Waals surface area (Å²) in [5, 5.41) is 30.9. The first kappa shape index (κ1) is 61.9. The second kappa shape index (κ2) is 30.8. The van der Waals surface area contributed by atoms with Gasteiger partial charge in [0, 0.05) is 45.8 Å². The van der Waals surface area contributed by atoms with E-state index in [2.05, 4.69) is 36.2 Å². The van der Waals surface area contributed by atoms with Crippen molar-refractivity contribution in [3.05, 3.63) is 0 Å². The first-order chi connectivity index (χ1) is 36.2. The molecule has 0 bridgehead atoms. The number of carboxylic acids is 1. The van der Waals surface area contributed by atoms with Gasteiger partial charge in [0.25, 0.3) is 0 Å². The lowest BCUT2D eigenvalue weighted by molar-refractivity contribution is -0.151. The van der Waals surface area contributed by atoms with Gasteiger partial charge < -0.3 is 91.2 Å². The molecule has 4 heterocycles. The number of aliphatic carboxylic acids is 1. The molecule has 76 heavy (non-hydrogen) atoms. The predicted molar refractivity (Wildman–Crippen MR) is 282 cm³/mol. The zero-order valence-electron chi connectivity index (χ0n) is 43.3. The lowest BCUT2D eigenvalue weighted by Gasteiger charge is -2.35. The molecule has 9 atom stereocenters. The van der Waals surface area contributed by atoms with Crippen molar-refractivity contribution in [3.63, 3.8) is 0 Å². The first-order valence-electron chi connectivity index (χ1n) is 25.9. The summed E-state index contributed by atoms with van der Waals surface area (Å²) in [5.74, 6) is -6.16. The van der Waals surface area contributed by atoms with Crippen LogP contribution in [0.4, 0.5) is 0 Å². The Balaban J connectivity index is 1.43. The minimum Gasteiger partial charge on any atom is -0.480 e. The van der Waals surface area contributed by atoms with Gasteiger partial charge in [-0.05, 0) is 108 Å². The molecule has 29 nitrogen and oxygen atoms in total. The summed E-state index contributed by atoms with van der Waals surface area (Å²) < 4.78 is 0. The van der Waals surface area contributed by atoms with Crippen LogP contribution in [0.15, 0.2) is 15.0 Å². The Kier molecular flexibility index (Phi) is 25.0. The summed E-state index contributed by atoms with van der Waals surface area (Å²) in [7, 11) is 0. The van der Waals surface area contributed by atoms with Crippen molar-refractivity contribution in [1.29, 1.82) is 0 Å². The number of amides is 8. The monoisotopic (exact) mass is 1090 g/mol. The van der Waals surface area contributed by atoms with E-state index in [0.29, 0.717) is 44.3 Å². The smallest absolute Gasteiger partial charge is 0.326 e. The Bertz CT molecular complexity index is 2140. The Morgan fingerprint density at radius 1 is 0.526 bits per heavy atom. The predicted octanol–water partition coefficient (Wildman–Crippen LogP) is -5.79. The van der Waals surface area contributed by atoms with E-state index in [9.17, 15) is 53.4 Å². The zero-order valence-corrected chi connectivity index (χ0v) is 44.1. The maximum atomic E-state index is 14.5. The van der Waals surface area contributed by atoms with Crippen LogP contribution in [0, 0.1) is 0 Å². The molecule has 4 rings (SSSR count). The van der Waals surface area contributed by atoms with E-state index in [0.717, 1.165) is 0 Å². The van der Waals surface area contributed by atoms with Crippen LogP contribution in [0.1, 0.15) is 96.3 Å². The molecule has 0 saturated carbocycles. The number of hydrogen-bond acceptors (Lipinski definition) is 15. The summed E-state index contributed by atoms with van der Waals surface area (Å²) in [6, 6.07) is -10.1. The summed E-state index contributed by atoms with van der Waals surface area (Å²) in [5.41, 5.74) is 38.7. The number of carboxylic acid groups (broad SMARTS) is 1. The molecule has 4 aliphatic heterocycles. The highest BCUT2D eigenvalue weighted by Crippen LogP contribution is 2.29. The number of rotatable bonds is 29. The highest BCUT2D eigenvalue weighted by atomic mass is 32.2. The zero-order chi connectivity index (χ0) is 56.1. The van der Waals surface area contributed by atoms with Crippen LogP contribution in [0.2, 0.25) is 0 Å². The Labute approximate surface area is 446 Å². The number of aliphatic imine (C=N–C) groups is 3. The van der Waals surface area contributed by atoms with Gasteiger partial charge in [0.1, 0.15) is 48.3 Å². The molecule has 0 aliphatic carbocycles. The third-order valence-electron chi connectivity index (χ3n) is 13.8. The number of likely N-dealkylation sites (tertiary alicyclic amines) is 4. The molecule has 4 aliphatic rings. The first-order valence-corrected chi connectivity index (χ1v) is 27.3. The number of carbonyl (C=O) groups is 9. The highest BCUT2D eigenvalue weighted by Gasteiger charge is 2.47. The van der Waals surface area contributed by atoms with Gasteiger partial charge in [-0.1, -0.05) is 0 Å². The molecule has 426 valence electrons. The molecule has 0 unspecified atom stereocenters. The third-order valence-corrected chi connectivity index (χ3v) is 14.4. The fourth-order valence-electron chi connectivity index (χ4n) is 9.91. The molecular weight excluding hydrogens is 1010 g/mol. The molecule has 0 aromatic heterocycles. The summed E-state index contributed by atoms with van der Waals surface area (Å²) in [6.07, 6.45) is 5.81. The molecule has 4 fully saturated rings. The number of guanidine groups is 3. The fourth-order valence-corrected chi connectivity index (χ4v) is 10.4. The Morgan fingerprint density at radius 3 is 1.38 bits per heavy atom. The molecule has 0 spiro atoms. The number of aliphatic hydroxyl groups is 1. The van der Waals surface area contributed by atoms with E-state index in [1.54, 1.807) is 0 Å². The SMILES string of the molecule is CSCC[C@H](N)C(=O)N[C@@H](CCCN=C(N)N)C(=O)N1CCC[C@H]1C(=O)N[C@@H](CO)C(=O)N1CCC[C@H]1C(=O)N1CCC[C@H]1C(=O)N1CCC[C@H]1C(=O)N[C@@H](CCCN=C(N)N)C(=O)N[C@@H](CCCN=C(N)N)C(=O)O. The van der Waals surface area contributed by atoms with E-state index in [4.69, 9.17) is 40.1 Å². The minimum absolute atomic E-state index is 0.0100. The van der Waals surface area contributed by atoms with Gasteiger partial charge in [-0.2, -0.15) is 11.8 Å². The van der Waals surface area contributed by atoms with Crippen molar-refractivity contribution in [2.45, 2.75) is 151 Å². The van der Waals surface area contributed by atoms with Crippen LogP contribution in [0.3, 0.4) is 0 Å². The summed E-state index contributed by atoms with van der Waals surface area (Å²) in [6.45, 7) is 0.212. The summed E-state index contributed by atoms with van der Waals surface area (Å²) >= 11 is 1.52. The van der Waals surface area contributed by atoms with E-state index in [1.165, 1.54) is 31.4 Å². The summed E-state index contributed by atoms with van der Waals surface area (Å²) in [4.78, 5) is 141. The number of nitrogens with zero attached hydrogens (tertiary/aromatic N) is 7. The van der Waals surface area contributed by atoms with Crippen molar-refractivity contribution in [1.82, 2.24) is 40.9 Å². The van der Waals surface area contributed by atoms with E-state index in [1.807, 2.05) is 6.26 Å². The third kappa shape index (κ3) is 18.0. The molecule has 20 N–H and O–H groups in total. The molecule has 4 saturated heterocycles. The van der Waals surface area contributed by atoms with Crippen LogP contribution >= 0.6 is 11.8 Å². The normalized spacial score (nSPS) is 21.1. The van der Waals surface area contributed by atoms with Crippen LogP contribution in [-0.2, 0) is 43.2 Å². The van der Waals surface area contributed by atoms with Crippen LogP contribution in [0.25, 0.3) is 0 Å². The quantitative estimate of drug-likeness (QED) is 0.0189. The Hall–Kier alpha value is -6.69. The lowest BCUT2D eigenvalue weighted by atomic mass is 10.1. The van der Waals surface area contributed by atoms with E-state index in [-0.39, 0.29) is 121 Å². The van der Waals surface area contributed by atoms with E-state index < -0.39 is 114 Å². The molecule has 0 aromatic carbocycles. The number of thioether (sulfide) groups is 1. The van der Waals surface area contributed by atoms with Crippen molar-refractivity contribution in [3.8, 4) is 0 Å². The number of nitrogens with one attached hydrogen (secondary N) is 4. The van der Waals surface area contributed by atoms with Crippen LogP contribution in [-0.4, -0.2) is 220 Å². The highest BCUT2D eigenvalue weighted by molar-refractivity contribution is 7.98. The largest absolute Gasteiger partial charge is 0.480 e. The maximum Gasteiger partial charge on any atom is 0.326 e. The minimum atomic E-state index is -1.49. The maximum absolute atomic E-state index is 14.5. The molecule has 30 heteroatoms. The number of hydrogen-bond donors (Lipinski definition) is 13. The van der Waals surface area contributed by atoms with Crippen LogP contribution in [0.5, 0.6) is 0 Å². The second-order valence-corrected chi connectivity index (χ2v) is 20.2. The van der Waals surface area contributed by atoms with E-state index >= 15 is 0 Å². The van der Waals surface area contributed by atoms with Gasteiger partial charge in [0.15, 0.2) is 17.9 Å². The average molecular weight is 1090 g/mol. The van der Waals surface area contributed by atoms with Gasteiger partial charge in [-0.25, -0.2) is 4.79 Å². The number of carbonyl (C=O) groups excluding carboxylic acids is 8. The van der Waals surface area contributed by atoms with Gasteiger partial charge in [-0.15, -0.1) is 0 Å². The molecular formula is C46H80N18O11S. The van der Waals surface area contributed by atoms with Gasteiger partial charge in [0.2, 0.25) is 47.3 Å². The van der Waals surface area contributed by atoms with Gasteiger partial charge in [-0.3, -0.25) is 53.3 Å². The number of nitrogens with two attached hydrogens (primary N) is 7. The van der Waals surface area contributed by atoms with Gasteiger partial charge >= 0.3 is 5.97 Å². The molecule has 0 radical (unpaired) electrons. The standard InChI is InChI=1S/C46H80N18O11S/c1-76-24-16-26(47)35(66)58-28(10-3-18-55-45(50)51)39(70)61-20-5-12-31(61)38(69)60-30(25-65)40(71)63-22-7-14-33(63)42(73)64-23-8-15-34(64)41(72)62-21-6-13-32(62)37(68)57-27(9-2-17-54-44(48)49)36(67)59-29(43(74)75)11-4-19-56-46(52)53/h26-34,65H,2-25,47H2,1H3,(H,57,68)(H,58,66)(H,59,67)(H,60,69)(H,74,75)(H4,48,49,54)(H4,50,51,55)(H4,52,53,56)/t26-,27-,28-,29-,30-,31-,32-,33-,34-/m0/s1. The topological polar surface area (TPSA) is 474 Å².